The highest BCUT2D eigenvalue weighted by atomic mass is 16.5. The third-order valence-corrected chi connectivity index (χ3v) is 4.27. The molecule has 20 heavy (non-hydrogen) atoms. The third kappa shape index (κ3) is 2.49. The molecule has 0 aromatic carbocycles. The lowest BCUT2D eigenvalue weighted by molar-refractivity contribution is -0.148. The normalized spacial score (nSPS) is 18.9. The number of carbonyl (C=O) groups excluding carboxylic acids is 1. The van der Waals surface area contributed by atoms with E-state index in [1.165, 1.54) is 17.7 Å². The molecule has 0 amide bonds. The van der Waals surface area contributed by atoms with Gasteiger partial charge in [-0.05, 0) is 39.0 Å². The highest BCUT2D eigenvalue weighted by Crippen LogP contribution is 2.30. The SMILES string of the molecule is CCOC(=O)C1CCN(c2ncnc3c2CCC3)CC1. The predicted molar refractivity (Wildman–Crippen MR) is 75.6 cm³/mol. The molecular weight excluding hydrogens is 254 g/mol. The molecule has 1 saturated heterocycles. The Morgan fingerprint density at radius 2 is 2.15 bits per heavy atom. The van der Waals surface area contributed by atoms with E-state index >= 15 is 0 Å². The summed E-state index contributed by atoms with van der Waals surface area (Å²) in [4.78, 5) is 22.9. The third-order valence-electron chi connectivity index (χ3n) is 4.27. The van der Waals surface area contributed by atoms with E-state index in [4.69, 9.17) is 4.74 Å². The van der Waals surface area contributed by atoms with Crippen molar-refractivity contribution in [3.8, 4) is 0 Å². The Balaban J connectivity index is 1.67. The maximum Gasteiger partial charge on any atom is 0.309 e. The maximum absolute atomic E-state index is 11.8. The summed E-state index contributed by atoms with van der Waals surface area (Å²) in [7, 11) is 0. The van der Waals surface area contributed by atoms with Crippen molar-refractivity contribution in [3.63, 3.8) is 0 Å². The Kier molecular flexibility index (Phi) is 3.85. The van der Waals surface area contributed by atoms with Crippen LogP contribution < -0.4 is 4.90 Å². The van der Waals surface area contributed by atoms with E-state index in [-0.39, 0.29) is 11.9 Å². The van der Waals surface area contributed by atoms with Crippen molar-refractivity contribution in [1.82, 2.24) is 9.97 Å². The van der Waals surface area contributed by atoms with Crippen LogP contribution in [0.25, 0.3) is 0 Å². The first kappa shape index (κ1) is 13.3. The summed E-state index contributed by atoms with van der Waals surface area (Å²) in [5.41, 5.74) is 2.53. The Morgan fingerprint density at radius 3 is 2.90 bits per heavy atom. The molecule has 3 rings (SSSR count). The largest absolute Gasteiger partial charge is 0.466 e. The molecule has 0 atom stereocenters. The summed E-state index contributed by atoms with van der Waals surface area (Å²) in [6, 6.07) is 0. The van der Waals surface area contributed by atoms with Crippen LogP contribution >= 0.6 is 0 Å². The molecule has 0 radical (unpaired) electrons. The first-order chi connectivity index (χ1) is 9.79. The molecule has 5 nitrogen and oxygen atoms in total. The van der Waals surface area contributed by atoms with Gasteiger partial charge in [-0.15, -0.1) is 0 Å². The number of anilines is 1. The van der Waals surface area contributed by atoms with Crippen molar-refractivity contribution in [2.75, 3.05) is 24.6 Å². The molecule has 1 aliphatic heterocycles. The average molecular weight is 275 g/mol. The number of rotatable bonds is 3. The second kappa shape index (κ2) is 5.77. The van der Waals surface area contributed by atoms with Crippen molar-refractivity contribution in [2.24, 2.45) is 5.92 Å². The molecule has 1 fully saturated rings. The van der Waals surface area contributed by atoms with Crippen LogP contribution in [0.2, 0.25) is 0 Å². The van der Waals surface area contributed by atoms with Crippen LogP contribution in [0, 0.1) is 5.92 Å². The van der Waals surface area contributed by atoms with Gasteiger partial charge in [-0.25, -0.2) is 9.97 Å². The van der Waals surface area contributed by atoms with Crippen molar-refractivity contribution in [2.45, 2.75) is 39.0 Å². The van der Waals surface area contributed by atoms with Crippen molar-refractivity contribution < 1.29 is 9.53 Å². The standard InChI is InChI=1S/C15H21N3O2/c1-2-20-15(19)11-6-8-18(9-7-11)14-12-4-3-5-13(12)16-10-17-14/h10-11H,2-9H2,1H3. The minimum Gasteiger partial charge on any atom is -0.466 e. The zero-order chi connectivity index (χ0) is 13.9. The van der Waals surface area contributed by atoms with Crippen molar-refractivity contribution in [3.05, 3.63) is 17.6 Å². The maximum atomic E-state index is 11.8. The fourth-order valence-electron chi connectivity index (χ4n) is 3.20. The van der Waals surface area contributed by atoms with E-state index in [9.17, 15) is 4.79 Å². The highest BCUT2D eigenvalue weighted by Gasteiger charge is 2.28. The molecule has 1 aromatic heterocycles. The molecule has 0 spiro atoms. The van der Waals surface area contributed by atoms with Crippen LogP contribution in [0.4, 0.5) is 5.82 Å². The number of nitrogens with zero attached hydrogens (tertiary/aromatic N) is 3. The first-order valence-electron chi connectivity index (χ1n) is 7.54. The average Bonchev–Trinajstić information content (AvgIpc) is 2.96. The summed E-state index contributed by atoms with van der Waals surface area (Å²) in [6.45, 7) is 4.09. The van der Waals surface area contributed by atoms with Gasteiger partial charge in [0, 0.05) is 24.3 Å². The van der Waals surface area contributed by atoms with Gasteiger partial charge in [0.1, 0.15) is 12.1 Å². The minimum atomic E-state index is -0.0416. The fourth-order valence-corrected chi connectivity index (χ4v) is 3.20. The summed E-state index contributed by atoms with van der Waals surface area (Å²) in [5.74, 6) is 1.11. The topological polar surface area (TPSA) is 55.3 Å². The number of aromatic nitrogens is 2. The first-order valence-corrected chi connectivity index (χ1v) is 7.54. The van der Waals surface area contributed by atoms with Crippen molar-refractivity contribution in [1.29, 1.82) is 0 Å². The van der Waals surface area contributed by atoms with E-state index < -0.39 is 0 Å². The molecular formula is C15H21N3O2. The Morgan fingerprint density at radius 1 is 1.35 bits per heavy atom. The number of hydrogen-bond acceptors (Lipinski definition) is 5. The van der Waals surface area contributed by atoms with Crippen LogP contribution in [-0.4, -0.2) is 35.6 Å². The van der Waals surface area contributed by atoms with Gasteiger partial charge in [-0.1, -0.05) is 0 Å². The Hall–Kier alpha value is -1.65. The van der Waals surface area contributed by atoms with Gasteiger partial charge in [0.05, 0.1) is 12.5 Å². The molecule has 0 N–H and O–H groups in total. The number of fused-ring (bicyclic) bond motifs is 1. The van der Waals surface area contributed by atoms with E-state index in [0.29, 0.717) is 6.61 Å². The van der Waals surface area contributed by atoms with Crippen LogP contribution in [0.1, 0.15) is 37.4 Å². The molecule has 0 unspecified atom stereocenters. The second-order valence-corrected chi connectivity index (χ2v) is 5.49. The highest BCUT2D eigenvalue weighted by molar-refractivity contribution is 5.72. The zero-order valence-corrected chi connectivity index (χ0v) is 12.0. The molecule has 2 aliphatic rings. The summed E-state index contributed by atoms with van der Waals surface area (Å²) < 4.78 is 5.11. The van der Waals surface area contributed by atoms with Gasteiger partial charge in [0.2, 0.25) is 0 Å². The van der Waals surface area contributed by atoms with E-state index in [2.05, 4.69) is 14.9 Å². The van der Waals surface area contributed by atoms with Gasteiger partial charge in [-0.3, -0.25) is 4.79 Å². The Labute approximate surface area is 119 Å². The summed E-state index contributed by atoms with van der Waals surface area (Å²) >= 11 is 0. The summed E-state index contributed by atoms with van der Waals surface area (Å²) in [6.07, 6.45) is 6.74. The second-order valence-electron chi connectivity index (χ2n) is 5.49. The van der Waals surface area contributed by atoms with Gasteiger partial charge in [0.15, 0.2) is 0 Å². The molecule has 108 valence electrons. The summed E-state index contributed by atoms with van der Waals surface area (Å²) in [5, 5.41) is 0. The Bertz CT molecular complexity index is 496. The quantitative estimate of drug-likeness (QED) is 0.787. The molecule has 1 aromatic rings. The monoisotopic (exact) mass is 275 g/mol. The molecule has 1 aliphatic carbocycles. The van der Waals surface area contributed by atoms with Gasteiger partial charge >= 0.3 is 5.97 Å². The number of ether oxygens (including phenoxy) is 1. The van der Waals surface area contributed by atoms with Crippen LogP contribution in [-0.2, 0) is 22.4 Å². The number of aryl methyl sites for hydroxylation is 1. The lowest BCUT2D eigenvalue weighted by atomic mass is 9.96. The van der Waals surface area contributed by atoms with Crippen molar-refractivity contribution >= 4 is 11.8 Å². The minimum absolute atomic E-state index is 0.0416. The number of esters is 1. The number of piperidine rings is 1. The molecule has 0 bridgehead atoms. The van der Waals surface area contributed by atoms with E-state index in [1.807, 2.05) is 6.92 Å². The lowest BCUT2D eigenvalue weighted by Crippen LogP contribution is -2.38. The van der Waals surface area contributed by atoms with Crippen LogP contribution in [0.3, 0.4) is 0 Å². The predicted octanol–water partition coefficient (Wildman–Crippen LogP) is 1.74. The van der Waals surface area contributed by atoms with E-state index in [0.717, 1.165) is 44.6 Å². The van der Waals surface area contributed by atoms with Gasteiger partial charge in [-0.2, -0.15) is 0 Å². The molecule has 0 saturated carbocycles. The van der Waals surface area contributed by atoms with E-state index in [1.54, 1.807) is 6.33 Å². The number of carbonyl (C=O) groups is 1. The smallest absolute Gasteiger partial charge is 0.309 e. The fraction of sp³-hybridized carbons (Fsp3) is 0.667. The molecule has 5 heteroatoms. The van der Waals surface area contributed by atoms with Crippen LogP contribution in [0.15, 0.2) is 6.33 Å². The van der Waals surface area contributed by atoms with Crippen LogP contribution in [0.5, 0.6) is 0 Å². The number of hydrogen-bond donors (Lipinski definition) is 0. The lowest BCUT2D eigenvalue weighted by Gasteiger charge is -2.32. The molecule has 2 heterocycles. The van der Waals surface area contributed by atoms with Gasteiger partial charge < -0.3 is 9.64 Å². The van der Waals surface area contributed by atoms with Gasteiger partial charge in [0.25, 0.3) is 0 Å². The zero-order valence-electron chi connectivity index (χ0n) is 12.0.